The van der Waals surface area contributed by atoms with Gasteiger partial charge < -0.3 is 14.8 Å². The van der Waals surface area contributed by atoms with E-state index in [1.165, 1.54) is 12.8 Å². The van der Waals surface area contributed by atoms with Crippen molar-refractivity contribution in [1.29, 1.82) is 0 Å². The monoisotopic (exact) mass is 241 g/mol. The van der Waals surface area contributed by atoms with E-state index in [1.54, 1.807) is 0 Å². The predicted octanol–water partition coefficient (Wildman–Crippen LogP) is 2.35. The Hall–Kier alpha value is -0.120. The third kappa shape index (κ3) is 3.94. The van der Waals surface area contributed by atoms with Crippen LogP contribution in [0.5, 0.6) is 0 Å². The van der Waals surface area contributed by atoms with Crippen LogP contribution in [0.25, 0.3) is 0 Å². The predicted molar refractivity (Wildman–Crippen MR) is 69.2 cm³/mol. The molecule has 17 heavy (non-hydrogen) atoms. The average Bonchev–Trinajstić information content (AvgIpc) is 2.69. The minimum Gasteiger partial charge on any atom is -0.376 e. The molecule has 0 saturated carbocycles. The van der Waals surface area contributed by atoms with E-state index in [2.05, 4.69) is 19.2 Å². The van der Waals surface area contributed by atoms with Crippen molar-refractivity contribution in [2.45, 2.75) is 57.7 Å². The second-order valence-electron chi connectivity index (χ2n) is 5.98. The van der Waals surface area contributed by atoms with Crippen LogP contribution in [0.15, 0.2) is 0 Å². The Morgan fingerprint density at radius 1 is 1.35 bits per heavy atom. The summed E-state index contributed by atoms with van der Waals surface area (Å²) in [5, 5.41) is 3.39. The Bertz CT molecular complexity index is 224. The molecule has 3 nitrogen and oxygen atoms in total. The molecule has 2 saturated heterocycles. The lowest BCUT2D eigenvalue weighted by Gasteiger charge is -2.32. The molecule has 2 heterocycles. The van der Waals surface area contributed by atoms with Gasteiger partial charge in [0, 0.05) is 13.0 Å². The molecule has 1 unspecified atom stereocenters. The quantitative estimate of drug-likeness (QED) is 0.750. The summed E-state index contributed by atoms with van der Waals surface area (Å²) in [4.78, 5) is 0. The van der Waals surface area contributed by atoms with Crippen molar-refractivity contribution in [2.24, 2.45) is 5.92 Å². The number of ether oxygens (including phenoxy) is 2. The first-order valence-electron chi connectivity index (χ1n) is 7.16. The van der Waals surface area contributed by atoms with Crippen LogP contribution in [0.4, 0.5) is 0 Å². The lowest BCUT2D eigenvalue weighted by molar-refractivity contribution is -0.0234. The summed E-state index contributed by atoms with van der Waals surface area (Å²) in [5.74, 6) is 0.786. The fourth-order valence-electron chi connectivity index (χ4n) is 2.88. The first-order valence-corrected chi connectivity index (χ1v) is 7.16. The molecule has 0 aromatic rings. The fraction of sp³-hybridized carbons (Fsp3) is 1.00. The van der Waals surface area contributed by atoms with E-state index in [4.69, 9.17) is 9.47 Å². The molecule has 1 N–H and O–H groups in total. The topological polar surface area (TPSA) is 30.5 Å². The summed E-state index contributed by atoms with van der Waals surface area (Å²) in [6.45, 7) is 8.44. The summed E-state index contributed by atoms with van der Waals surface area (Å²) in [6, 6.07) is 0. The van der Waals surface area contributed by atoms with E-state index in [0.717, 1.165) is 51.5 Å². The third-order valence-electron chi connectivity index (χ3n) is 3.97. The molecule has 2 fully saturated rings. The molecule has 0 amide bonds. The maximum Gasteiger partial charge on any atom is 0.0836 e. The molecule has 1 atom stereocenters. The first-order chi connectivity index (χ1) is 8.20. The summed E-state index contributed by atoms with van der Waals surface area (Å²) >= 11 is 0. The van der Waals surface area contributed by atoms with Gasteiger partial charge >= 0.3 is 0 Å². The van der Waals surface area contributed by atoms with E-state index < -0.39 is 0 Å². The van der Waals surface area contributed by atoms with Crippen LogP contribution in [-0.2, 0) is 9.47 Å². The number of rotatable bonds is 5. The van der Waals surface area contributed by atoms with Gasteiger partial charge in [0.1, 0.15) is 0 Å². The van der Waals surface area contributed by atoms with Gasteiger partial charge in [-0.15, -0.1) is 0 Å². The van der Waals surface area contributed by atoms with Gasteiger partial charge in [-0.05, 0) is 44.7 Å². The SMILES string of the molecule is CC(C)CCCOC1COC2(CCNCC2)C1. The van der Waals surface area contributed by atoms with E-state index in [1.807, 2.05) is 0 Å². The van der Waals surface area contributed by atoms with E-state index in [0.29, 0.717) is 6.10 Å². The first kappa shape index (κ1) is 13.3. The zero-order valence-corrected chi connectivity index (χ0v) is 11.3. The Labute approximate surface area is 105 Å². The molecule has 1 spiro atoms. The molecule has 0 radical (unpaired) electrons. The van der Waals surface area contributed by atoms with Crippen LogP contribution in [-0.4, -0.2) is 38.0 Å². The van der Waals surface area contributed by atoms with Crippen molar-refractivity contribution < 1.29 is 9.47 Å². The smallest absolute Gasteiger partial charge is 0.0836 e. The van der Waals surface area contributed by atoms with Crippen LogP contribution >= 0.6 is 0 Å². The van der Waals surface area contributed by atoms with Crippen LogP contribution in [0.2, 0.25) is 0 Å². The van der Waals surface area contributed by atoms with Crippen LogP contribution in [0, 0.1) is 5.92 Å². The Balaban J connectivity index is 1.64. The van der Waals surface area contributed by atoms with Crippen molar-refractivity contribution in [3.05, 3.63) is 0 Å². The number of piperidine rings is 1. The molecule has 0 aliphatic carbocycles. The highest BCUT2D eigenvalue weighted by atomic mass is 16.6. The lowest BCUT2D eigenvalue weighted by Crippen LogP contribution is -2.41. The highest BCUT2D eigenvalue weighted by molar-refractivity contribution is 4.93. The van der Waals surface area contributed by atoms with E-state index in [-0.39, 0.29) is 5.60 Å². The molecule has 0 aromatic carbocycles. The van der Waals surface area contributed by atoms with Gasteiger partial charge in [0.05, 0.1) is 18.3 Å². The molecule has 100 valence electrons. The second kappa shape index (κ2) is 6.17. The average molecular weight is 241 g/mol. The Morgan fingerprint density at radius 3 is 2.82 bits per heavy atom. The van der Waals surface area contributed by atoms with Crippen LogP contribution in [0.3, 0.4) is 0 Å². The minimum absolute atomic E-state index is 0.147. The van der Waals surface area contributed by atoms with Crippen molar-refractivity contribution in [3.63, 3.8) is 0 Å². The van der Waals surface area contributed by atoms with Gasteiger partial charge in [-0.3, -0.25) is 0 Å². The molecule has 0 aromatic heterocycles. The van der Waals surface area contributed by atoms with Gasteiger partial charge in [0.25, 0.3) is 0 Å². The summed E-state index contributed by atoms with van der Waals surface area (Å²) in [6.07, 6.45) is 6.21. The van der Waals surface area contributed by atoms with Crippen molar-refractivity contribution >= 4 is 0 Å². The lowest BCUT2D eigenvalue weighted by atomic mass is 9.89. The van der Waals surface area contributed by atoms with Gasteiger partial charge in [-0.1, -0.05) is 13.8 Å². The number of nitrogens with one attached hydrogen (secondary N) is 1. The summed E-state index contributed by atoms with van der Waals surface area (Å²) in [7, 11) is 0. The van der Waals surface area contributed by atoms with Gasteiger partial charge in [0.2, 0.25) is 0 Å². The maximum atomic E-state index is 6.01. The number of hydrogen-bond acceptors (Lipinski definition) is 3. The zero-order chi connectivity index (χ0) is 12.1. The highest BCUT2D eigenvalue weighted by Crippen LogP contribution is 2.35. The number of hydrogen-bond donors (Lipinski definition) is 1. The van der Waals surface area contributed by atoms with E-state index >= 15 is 0 Å². The van der Waals surface area contributed by atoms with Gasteiger partial charge in [-0.2, -0.15) is 0 Å². The zero-order valence-electron chi connectivity index (χ0n) is 11.3. The van der Waals surface area contributed by atoms with E-state index in [9.17, 15) is 0 Å². The fourth-order valence-corrected chi connectivity index (χ4v) is 2.88. The largest absolute Gasteiger partial charge is 0.376 e. The normalized spacial score (nSPS) is 28.1. The van der Waals surface area contributed by atoms with Crippen LogP contribution < -0.4 is 5.32 Å². The van der Waals surface area contributed by atoms with Crippen LogP contribution in [0.1, 0.15) is 46.0 Å². The van der Waals surface area contributed by atoms with Gasteiger partial charge in [-0.25, -0.2) is 0 Å². The summed E-state index contributed by atoms with van der Waals surface area (Å²) < 4.78 is 11.9. The molecule has 3 heteroatoms. The molecule has 2 aliphatic heterocycles. The second-order valence-corrected chi connectivity index (χ2v) is 5.98. The molecule has 2 rings (SSSR count). The molecular formula is C14H27NO2. The van der Waals surface area contributed by atoms with Gasteiger partial charge in [0.15, 0.2) is 0 Å². The molecule has 2 aliphatic rings. The third-order valence-corrected chi connectivity index (χ3v) is 3.97. The van der Waals surface area contributed by atoms with Crippen molar-refractivity contribution in [3.8, 4) is 0 Å². The minimum atomic E-state index is 0.147. The van der Waals surface area contributed by atoms with Crippen molar-refractivity contribution in [2.75, 3.05) is 26.3 Å². The standard InChI is InChI=1S/C14H27NO2/c1-12(2)4-3-9-16-13-10-14(17-11-13)5-7-15-8-6-14/h12-13,15H,3-11H2,1-2H3. The summed E-state index contributed by atoms with van der Waals surface area (Å²) in [5.41, 5.74) is 0.147. The molecular weight excluding hydrogens is 214 g/mol. The van der Waals surface area contributed by atoms with Crippen molar-refractivity contribution in [1.82, 2.24) is 5.32 Å². The highest BCUT2D eigenvalue weighted by Gasteiger charge is 2.41. The maximum absolute atomic E-state index is 6.01. The Kier molecular flexibility index (Phi) is 4.83. The molecule has 0 bridgehead atoms. The Morgan fingerprint density at radius 2 is 2.12 bits per heavy atom.